The molecule has 1 aliphatic carbocycles. The molecular formula is C20H36O8P-. The molecule has 8 nitrogen and oxygen atoms in total. The first-order valence-corrected chi connectivity index (χ1v) is 11.8. The summed E-state index contributed by atoms with van der Waals surface area (Å²) < 4.78 is 40.2. The lowest BCUT2D eigenvalue weighted by Gasteiger charge is -2.32. The molecule has 0 amide bonds. The van der Waals surface area contributed by atoms with E-state index in [0.717, 1.165) is 0 Å². The normalized spacial score (nSPS) is 37.2. The Balaban J connectivity index is 2.00. The zero-order valence-corrected chi connectivity index (χ0v) is 19.2. The van der Waals surface area contributed by atoms with Gasteiger partial charge >= 0.3 is 7.82 Å². The Morgan fingerprint density at radius 2 is 1.86 bits per heavy atom. The summed E-state index contributed by atoms with van der Waals surface area (Å²) in [4.78, 5) is 12.6. The number of aliphatic hydroxyl groups is 1. The van der Waals surface area contributed by atoms with E-state index >= 15 is 0 Å². The Hall–Kier alpha value is -0.470. The van der Waals surface area contributed by atoms with E-state index in [-0.39, 0.29) is 42.7 Å². The van der Waals surface area contributed by atoms with Gasteiger partial charge in [0.15, 0.2) is 0 Å². The number of phosphoric ester groups is 1. The molecule has 9 heteroatoms. The highest BCUT2D eigenvalue weighted by Gasteiger charge is 2.44. The highest BCUT2D eigenvalue weighted by Crippen LogP contribution is 2.49. The van der Waals surface area contributed by atoms with Crippen molar-refractivity contribution in [1.82, 2.24) is 0 Å². The minimum atomic E-state index is -4.72. The van der Waals surface area contributed by atoms with E-state index in [1.165, 1.54) is 0 Å². The van der Waals surface area contributed by atoms with E-state index in [2.05, 4.69) is 6.58 Å². The fraction of sp³-hybridized carbons (Fsp3) is 0.900. The van der Waals surface area contributed by atoms with Crippen LogP contribution in [0.4, 0.5) is 0 Å². The van der Waals surface area contributed by atoms with Crippen LogP contribution in [0, 0.1) is 11.8 Å². The van der Waals surface area contributed by atoms with Crippen LogP contribution in [-0.2, 0) is 27.8 Å². The summed E-state index contributed by atoms with van der Waals surface area (Å²) in [6.07, 6.45) is -1.60. The fourth-order valence-corrected chi connectivity index (χ4v) is 4.95. The Bertz CT molecular complexity index is 595. The highest BCUT2D eigenvalue weighted by molar-refractivity contribution is 7.46. The van der Waals surface area contributed by atoms with Crippen molar-refractivity contribution in [3.63, 3.8) is 0 Å². The molecule has 2 aliphatic rings. The Morgan fingerprint density at radius 3 is 2.45 bits per heavy atom. The topological polar surface area (TPSA) is 107 Å². The van der Waals surface area contributed by atoms with Crippen molar-refractivity contribution in [2.75, 3.05) is 6.61 Å². The zero-order valence-electron chi connectivity index (χ0n) is 18.3. The van der Waals surface area contributed by atoms with Gasteiger partial charge in [0, 0.05) is 12.3 Å². The molecule has 8 atom stereocenters. The molecular weight excluding hydrogens is 399 g/mol. The number of hydrogen-bond donors (Lipinski definition) is 1. The summed E-state index contributed by atoms with van der Waals surface area (Å²) in [5, 5.41) is 10.4. The molecule has 0 aromatic carbocycles. The molecule has 0 bridgehead atoms. The summed E-state index contributed by atoms with van der Waals surface area (Å²) in [6, 6.07) is 0. The lowest BCUT2D eigenvalue weighted by atomic mass is 10.0. The maximum Gasteiger partial charge on any atom is 0.319 e. The van der Waals surface area contributed by atoms with Gasteiger partial charge in [0.25, 0.3) is 0 Å². The van der Waals surface area contributed by atoms with Crippen LogP contribution in [0.5, 0.6) is 0 Å². The lowest BCUT2D eigenvalue weighted by Crippen LogP contribution is -2.33. The smallest absolute Gasteiger partial charge is 0.319 e. The molecule has 2 fully saturated rings. The second-order valence-electron chi connectivity index (χ2n) is 8.72. The minimum absolute atomic E-state index is 0.0340. The molecule has 1 N–H and O–H groups in total. The molecule has 8 unspecified atom stereocenters. The molecule has 170 valence electrons. The summed E-state index contributed by atoms with van der Waals surface area (Å²) in [5.74, 6) is -0.613. The van der Waals surface area contributed by atoms with Crippen molar-refractivity contribution in [1.29, 1.82) is 0 Å². The molecule has 1 aliphatic heterocycles. The summed E-state index contributed by atoms with van der Waals surface area (Å²) in [6.45, 7) is 15.3. The summed E-state index contributed by atoms with van der Waals surface area (Å²) >= 11 is 0. The van der Waals surface area contributed by atoms with E-state index in [9.17, 15) is 14.6 Å². The third-order valence-corrected chi connectivity index (χ3v) is 6.25. The maximum atomic E-state index is 12.6. The molecule has 0 aromatic heterocycles. The molecule has 2 rings (SSSR count). The monoisotopic (exact) mass is 435 g/mol. The quantitative estimate of drug-likeness (QED) is 0.412. The molecule has 1 heterocycles. The van der Waals surface area contributed by atoms with Crippen LogP contribution in [0.15, 0.2) is 12.3 Å². The van der Waals surface area contributed by atoms with Crippen LogP contribution in [0.1, 0.15) is 54.4 Å². The average molecular weight is 435 g/mol. The van der Waals surface area contributed by atoms with E-state index in [0.29, 0.717) is 12.8 Å². The third kappa shape index (κ3) is 7.03. The van der Waals surface area contributed by atoms with Crippen LogP contribution >= 0.6 is 7.82 Å². The van der Waals surface area contributed by atoms with Crippen LogP contribution < -0.4 is 4.89 Å². The SMILES string of the molecule is C=C(OP(=O)([O-])OC1CC(C)C(O)C1COC(C)C)C1OC(C)CC1OC(C)C. The first-order chi connectivity index (χ1) is 13.4. The van der Waals surface area contributed by atoms with Gasteiger partial charge in [0.2, 0.25) is 0 Å². The molecule has 0 aromatic rings. The van der Waals surface area contributed by atoms with Crippen molar-refractivity contribution in [2.24, 2.45) is 11.8 Å². The van der Waals surface area contributed by atoms with Crippen molar-refractivity contribution in [3.05, 3.63) is 12.3 Å². The molecule has 0 radical (unpaired) electrons. The highest BCUT2D eigenvalue weighted by atomic mass is 31.2. The van der Waals surface area contributed by atoms with Crippen molar-refractivity contribution >= 4 is 7.82 Å². The number of phosphoric acid groups is 1. The largest absolute Gasteiger partial charge is 0.746 e. The standard InChI is InChI=1S/C20H37O8P/c1-11(2)24-10-16-17(8-13(5)19(16)21)28-29(22,23)27-15(7)20-18(25-12(3)4)9-14(6)26-20/h11-14,16-21H,7-10H2,1-6H3,(H,22,23)/p-1. The predicted molar refractivity (Wildman–Crippen MR) is 106 cm³/mol. The first-order valence-electron chi connectivity index (χ1n) is 10.4. The molecule has 0 spiro atoms. The van der Waals surface area contributed by atoms with Crippen LogP contribution in [0.2, 0.25) is 0 Å². The molecule has 1 saturated carbocycles. The third-order valence-electron chi connectivity index (χ3n) is 5.26. The second kappa shape index (κ2) is 10.2. The van der Waals surface area contributed by atoms with Gasteiger partial charge < -0.3 is 33.3 Å². The van der Waals surface area contributed by atoms with E-state index < -0.39 is 32.1 Å². The van der Waals surface area contributed by atoms with Crippen LogP contribution in [-0.4, -0.2) is 54.4 Å². The van der Waals surface area contributed by atoms with Gasteiger partial charge in [-0.15, -0.1) is 0 Å². The lowest BCUT2D eigenvalue weighted by molar-refractivity contribution is -0.229. The van der Waals surface area contributed by atoms with E-state index in [4.69, 9.17) is 23.3 Å². The Morgan fingerprint density at radius 1 is 1.21 bits per heavy atom. The summed E-state index contributed by atoms with van der Waals surface area (Å²) in [7, 11) is -4.72. The average Bonchev–Trinajstić information content (AvgIpc) is 3.04. The van der Waals surface area contributed by atoms with Gasteiger partial charge in [-0.3, -0.25) is 4.57 Å². The maximum absolute atomic E-state index is 12.6. The van der Waals surface area contributed by atoms with Crippen LogP contribution in [0.25, 0.3) is 0 Å². The first kappa shape index (κ1) is 24.8. The minimum Gasteiger partial charge on any atom is -0.746 e. The number of rotatable bonds is 10. The Labute approximate surface area is 174 Å². The number of aliphatic hydroxyl groups excluding tert-OH is 1. The molecule has 1 saturated heterocycles. The van der Waals surface area contributed by atoms with Gasteiger partial charge in [0.05, 0.1) is 43.2 Å². The summed E-state index contributed by atoms with van der Waals surface area (Å²) in [5.41, 5.74) is 0. The fourth-order valence-electron chi connectivity index (χ4n) is 3.94. The number of hydrogen-bond acceptors (Lipinski definition) is 8. The van der Waals surface area contributed by atoms with Gasteiger partial charge in [-0.1, -0.05) is 13.5 Å². The predicted octanol–water partition coefficient (Wildman–Crippen LogP) is 2.78. The second-order valence-corrected chi connectivity index (χ2v) is 10.0. The van der Waals surface area contributed by atoms with Crippen molar-refractivity contribution in [3.8, 4) is 0 Å². The molecule has 29 heavy (non-hydrogen) atoms. The van der Waals surface area contributed by atoms with Crippen LogP contribution in [0.3, 0.4) is 0 Å². The van der Waals surface area contributed by atoms with Gasteiger partial charge in [-0.25, -0.2) is 0 Å². The Kier molecular flexibility index (Phi) is 8.74. The van der Waals surface area contributed by atoms with E-state index in [1.54, 1.807) is 0 Å². The zero-order chi connectivity index (χ0) is 21.9. The van der Waals surface area contributed by atoms with Crippen molar-refractivity contribution < 1.29 is 37.8 Å². The van der Waals surface area contributed by atoms with Crippen molar-refractivity contribution in [2.45, 2.75) is 97.1 Å². The van der Waals surface area contributed by atoms with Gasteiger partial charge in [-0.2, -0.15) is 0 Å². The van der Waals surface area contributed by atoms with Gasteiger partial charge in [-0.05, 0) is 47.0 Å². The number of ether oxygens (including phenoxy) is 3. The van der Waals surface area contributed by atoms with Gasteiger partial charge in [0.1, 0.15) is 11.9 Å². The van der Waals surface area contributed by atoms with E-state index in [1.807, 2.05) is 41.5 Å².